The second-order valence-electron chi connectivity index (χ2n) is 12.5. The number of aromatic nitrogens is 4. The minimum atomic E-state index is 0.938. The van der Waals surface area contributed by atoms with Crippen molar-refractivity contribution >= 4 is 43.6 Å². The molecule has 0 fully saturated rings. The molecule has 0 amide bonds. The van der Waals surface area contributed by atoms with Gasteiger partial charge in [0.2, 0.25) is 0 Å². The van der Waals surface area contributed by atoms with E-state index in [9.17, 15) is 0 Å². The number of benzene rings is 5. The fourth-order valence-electron chi connectivity index (χ4n) is 6.60. The lowest BCUT2D eigenvalue weighted by Gasteiger charge is -2.10. The van der Waals surface area contributed by atoms with Crippen LogP contribution >= 0.6 is 0 Å². The van der Waals surface area contributed by atoms with E-state index in [1.165, 1.54) is 11.1 Å². The Kier molecular flexibility index (Phi) is 6.54. The van der Waals surface area contributed by atoms with E-state index in [0.717, 1.165) is 88.6 Å². The first-order chi connectivity index (χ1) is 23.6. The predicted octanol–water partition coefficient (Wildman–Crippen LogP) is 11.2. The Balaban J connectivity index is 0.998. The minimum absolute atomic E-state index is 0.938. The maximum absolute atomic E-state index is 5.06. The maximum Gasteiger partial charge on any atom is 0.0972 e. The molecule has 4 heteroatoms. The molecule has 0 aliphatic heterocycles. The number of hydrogen-bond donors (Lipinski definition) is 0. The zero-order valence-electron chi connectivity index (χ0n) is 26.6. The molecule has 0 aliphatic carbocycles. The number of aryl methyl sites for hydroxylation is 2. The topological polar surface area (TPSA) is 51.6 Å². The van der Waals surface area contributed by atoms with Crippen molar-refractivity contribution in [3.8, 4) is 44.8 Å². The summed E-state index contributed by atoms with van der Waals surface area (Å²) in [5, 5.41) is 4.41. The summed E-state index contributed by atoms with van der Waals surface area (Å²) in [6.07, 6.45) is 0. The van der Waals surface area contributed by atoms with E-state index in [1.54, 1.807) is 0 Å². The molecule has 0 spiro atoms. The summed E-state index contributed by atoms with van der Waals surface area (Å²) >= 11 is 0. The molecule has 0 saturated heterocycles. The zero-order chi connectivity index (χ0) is 32.2. The first kappa shape index (κ1) is 28.0. The van der Waals surface area contributed by atoms with Crippen LogP contribution in [0.5, 0.6) is 0 Å². The van der Waals surface area contributed by atoms with Crippen LogP contribution in [0.4, 0.5) is 0 Å². The molecule has 4 heterocycles. The Bertz CT molecular complexity index is 2490. The van der Waals surface area contributed by atoms with Crippen LogP contribution < -0.4 is 0 Å². The largest absolute Gasteiger partial charge is 0.251 e. The number of hydrogen-bond acceptors (Lipinski definition) is 4. The Morgan fingerprint density at radius 2 is 0.625 bits per heavy atom. The van der Waals surface area contributed by atoms with E-state index in [4.69, 9.17) is 19.9 Å². The van der Waals surface area contributed by atoms with Gasteiger partial charge in [-0.2, -0.15) is 0 Å². The highest BCUT2D eigenvalue weighted by Gasteiger charge is 2.10. The molecule has 0 N–H and O–H groups in total. The standard InChI is InChI=1S/C44H30N4/c1-27-6-8-33-18-20-35-22-24-39(47-43(35)41(33)45-27)31-14-10-29(11-15-31)37-4-3-5-38(26-37)30-12-16-32(17-13-30)40-25-23-36-21-19-34-9-7-28(2)46-42(34)44(36)48-40/h3-26H,1-2H3. The second kappa shape index (κ2) is 11.2. The third-order valence-electron chi connectivity index (χ3n) is 9.21. The molecule has 226 valence electrons. The van der Waals surface area contributed by atoms with Gasteiger partial charge < -0.3 is 0 Å². The molecule has 0 atom stereocenters. The first-order valence-electron chi connectivity index (χ1n) is 16.2. The van der Waals surface area contributed by atoms with Gasteiger partial charge >= 0.3 is 0 Å². The molecular weight excluding hydrogens is 585 g/mol. The van der Waals surface area contributed by atoms with Gasteiger partial charge in [-0.25, -0.2) is 9.97 Å². The number of pyridine rings is 4. The van der Waals surface area contributed by atoms with Crippen LogP contribution in [0.2, 0.25) is 0 Å². The van der Waals surface area contributed by atoms with Crippen LogP contribution in [0.3, 0.4) is 0 Å². The summed E-state index contributed by atoms with van der Waals surface area (Å²) in [5.41, 5.74) is 14.5. The Labute approximate surface area is 278 Å². The summed E-state index contributed by atoms with van der Waals surface area (Å²) in [6, 6.07) is 51.3. The van der Waals surface area contributed by atoms with Crippen molar-refractivity contribution in [2.45, 2.75) is 13.8 Å². The molecule has 48 heavy (non-hydrogen) atoms. The summed E-state index contributed by atoms with van der Waals surface area (Å²) in [7, 11) is 0. The van der Waals surface area contributed by atoms with Crippen LogP contribution in [0.1, 0.15) is 11.4 Å². The molecule has 9 aromatic rings. The summed E-state index contributed by atoms with van der Waals surface area (Å²) in [5.74, 6) is 0. The highest BCUT2D eigenvalue weighted by Crippen LogP contribution is 2.32. The Morgan fingerprint density at radius 3 is 1.04 bits per heavy atom. The lowest BCUT2D eigenvalue weighted by Crippen LogP contribution is -1.90. The van der Waals surface area contributed by atoms with Gasteiger partial charge in [-0.3, -0.25) is 9.97 Å². The van der Waals surface area contributed by atoms with Gasteiger partial charge in [-0.1, -0.05) is 115 Å². The van der Waals surface area contributed by atoms with Crippen molar-refractivity contribution in [1.82, 2.24) is 19.9 Å². The van der Waals surface area contributed by atoms with Crippen molar-refractivity contribution < 1.29 is 0 Å². The van der Waals surface area contributed by atoms with Gasteiger partial charge in [0.25, 0.3) is 0 Å². The molecule has 5 aromatic carbocycles. The SMILES string of the molecule is Cc1ccc2ccc3ccc(-c4ccc(-c5cccc(-c6ccc(-c7ccc8ccc9ccc(C)nc9c8n7)cc6)c5)cc4)nc3c2n1. The average Bonchev–Trinajstić information content (AvgIpc) is 3.14. The van der Waals surface area contributed by atoms with E-state index in [2.05, 4.69) is 133 Å². The van der Waals surface area contributed by atoms with Crippen LogP contribution in [-0.4, -0.2) is 19.9 Å². The van der Waals surface area contributed by atoms with Crippen molar-refractivity contribution in [3.05, 3.63) is 157 Å². The lowest BCUT2D eigenvalue weighted by molar-refractivity contribution is 1.25. The van der Waals surface area contributed by atoms with Gasteiger partial charge in [0.1, 0.15) is 0 Å². The molecular formula is C44H30N4. The molecule has 4 nitrogen and oxygen atoms in total. The van der Waals surface area contributed by atoms with Gasteiger partial charge in [0.05, 0.1) is 33.5 Å². The maximum atomic E-state index is 5.06. The molecule has 0 saturated carbocycles. The Morgan fingerprint density at radius 1 is 0.292 bits per heavy atom. The third-order valence-corrected chi connectivity index (χ3v) is 9.21. The molecule has 4 aromatic heterocycles. The minimum Gasteiger partial charge on any atom is -0.251 e. The van der Waals surface area contributed by atoms with Crippen molar-refractivity contribution in [1.29, 1.82) is 0 Å². The Hall–Kier alpha value is -6.26. The van der Waals surface area contributed by atoms with E-state index in [1.807, 2.05) is 26.0 Å². The quantitative estimate of drug-likeness (QED) is 0.185. The van der Waals surface area contributed by atoms with Crippen LogP contribution in [-0.2, 0) is 0 Å². The van der Waals surface area contributed by atoms with Gasteiger partial charge in [0.15, 0.2) is 0 Å². The van der Waals surface area contributed by atoms with Crippen molar-refractivity contribution in [2.75, 3.05) is 0 Å². The van der Waals surface area contributed by atoms with Crippen LogP contribution in [0, 0.1) is 13.8 Å². The van der Waals surface area contributed by atoms with Gasteiger partial charge in [0, 0.05) is 44.1 Å². The van der Waals surface area contributed by atoms with E-state index in [0.29, 0.717) is 0 Å². The third kappa shape index (κ3) is 4.95. The second-order valence-corrected chi connectivity index (χ2v) is 12.5. The molecule has 0 unspecified atom stereocenters. The molecule has 9 rings (SSSR count). The van der Waals surface area contributed by atoms with E-state index in [-0.39, 0.29) is 0 Å². The number of fused-ring (bicyclic) bond motifs is 6. The van der Waals surface area contributed by atoms with Crippen molar-refractivity contribution in [2.24, 2.45) is 0 Å². The highest BCUT2D eigenvalue weighted by atomic mass is 14.8. The average molecular weight is 615 g/mol. The normalized spacial score (nSPS) is 11.5. The van der Waals surface area contributed by atoms with Gasteiger partial charge in [-0.05, 0) is 66.4 Å². The molecule has 0 radical (unpaired) electrons. The highest BCUT2D eigenvalue weighted by molar-refractivity contribution is 6.04. The van der Waals surface area contributed by atoms with Crippen LogP contribution in [0.25, 0.3) is 88.4 Å². The summed E-state index contributed by atoms with van der Waals surface area (Å²) in [4.78, 5) is 19.7. The lowest BCUT2D eigenvalue weighted by atomic mass is 9.97. The first-order valence-corrected chi connectivity index (χ1v) is 16.2. The van der Waals surface area contributed by atoms with E-state index < -0.39 is 0 Å². The van der Waals surface area contributed by atoms with Crippen LogP contribution in [0.15, 0.2) is 146 Å². The summed E-state index contributed by atoms with van der Waals surface area (Å²) < 4.78 is 0. The smallest absolute Gasteiger partial charge is 0.0972 e. The van der Waals surface area contributed by atoms with Crippen molar-refractivity contribution in [3.63, 3.8) is 0 Å². The van der Waals surface area contributed by atoms with Gasteiger partial charge in [-0.15, -0.1) is 0 Å². The zero-order valence-corrected chi connectivity index (χ0v) is 26.6. The summed E-state index contributed by atoms with van der Waals surface area (Å²) in [6.45, 7) is 4.04. The fourth-order valence-corrected chi connectivity index (χ4v) is 6.60. The predicted molar refractivity (Wildman–Crippen MR) is 199 cm³/mol. The number of rotatable bonds is 4. The number of nitrogens with zero attached hydrogens (tertiary/aromatic N) is 4. The molecule has 0 aliphatic rings. The molecule has 0 bridgehead atoms. The monoisotopic (exact) mass is 614 g/mol. The fraction of sp³-hybridized carbons (Fsp3) is 0.0455. The van der Waals surface area contributed by atoms with E-state index >= 15 is 0 Å².